The van der Waals surface area contributed by atoms with Gasteiger partial charge in [0.2, 0.25) is 5.75 Å². The Morgan fingerprint density at radius 1 is 1.53 bits per heavy atom. The molecule has 0 saturated heterocycles. The summed E-state index contributed by atoms with van der Waals surface area (Å²) in [6.45, 7) is 4.42. The molecule has 0 fully saturated rings. The van der Waals surface area contributed by atoms with Crippen molar-refractivity contribution in [1.82, 2.24) is 0 Å². The third-order valence-electron chi connectivity index (χ3n) is 2.11. The molecule has 0 aliphatic carbocycles. The van der Waals surface area contributed by atoms with Crippen molar-refractivity contribution in [3.05, 3.63) is 40.5 Å². The number of hydrogen-bond acceptors (Lipinski definition) is 6. The fraction of sp³-hybridized carbons (Fsp3) is 0.100. The monoisotopic (exact) mass is 287 g/mol. The van der Waals surface area contributed by atoms with Crippen molar-refractivity contribution in [2.75, 3.05) is 0 Å². The molecule has 1 rings (SSSR count). The second-order valence-corrected chi connectivity index (χ2v) is 4.83. The molecule has 0 aliphatic rings. The molecule has 8 nitrogen and oxygen atoms in total. The van der Waals surface area contributed by atoms with E-state index < -0.39 is 37.3 Å². The van der Waals surface area contributed by atoms with Gasteiger partial charge < -0.3 is 4.74 Å². The third kappa shape index (κ3) is 3.36. The number of carbonyl (C=O) groups excluding carboxylic acids is 1. The highest BCUT2D eigenvalue weighted by molar-refractivity contribution is 7.85. The molecule has 1 N–H and O–H groups in total. The van der Waals surface area contributed by atoms with Crippen LogP contribution in [0, 0.1) is 17.0 Å². The molecule has 0 aromatic heterocycles. The molecular weight excluding hydrogens is 278 g/mol. The Balaban J connectivity index is 3.50. The lowest BCUT2D eigenvalue weighted by Crippen LogP contribution is -2.08. The molecule has 1 aromatic rings. The van der Waals surface area contributed by atoms with Crippen LogP contribution in [0.2, 0.25) is 0 Å². The number of nitrogens with zero attached hydrogens (tertiary/aromatic N) is 1. The Morgan fingerprint density at radius 2 is 2.11 bits per heavy atom. The highest BCUT2D eigenvalue weighted by Gasteiger charge is 2.24. The first-order valence-corrected chi connectivity index (χ1v) is 6.21. The number of nitro benzene ring substituents is 1. The molecule has 19 heavy (non-hydrogen) atoms. The highest BCUT2D eigenvalue weighted by Crippen LogP contribution is 2.32. The molecule has 0 saturated carbocycles. The first-order chi connectivity index (χ1) is 8.66. The van der Waals surface area contributed by atoms with Crippen LogP contribution >= 0.6 is 0 Å². The van der Waals surface area contributed by atoms with Crippen molar-refractivity contribution in [2.45, 2.75) is 11.8 Å². The molecule has 0 heterocycles. The largest absolute Gasteiger partial charge is 0.416 e. The Bertz CT molecular complexity index is 663. The fourth-order valence-electron chi connectivity index (χ4n) is 1.30. The van der Waals surface area contributed by atoms with Crippen LogP contribution in [-0.4, -0.2) is 23.9 Å². The van der Waals surface area contributed by atoms with Crippen molar-refractivity contribution < 1.29 is 27.4 Å². The van der Waals surface area contributed by atoms with Gasteiger partial charge in [0.25, 0.3) is 10.1 Å². The number of benzene rings is 1. The molecule has 0 radical (unpaired) electrons. The number of hydrogen-bond donors (Lipinski definition) is 1. The van der Waals surface area contributed by atoms with Crippen LogP contribution in [0.25, 0.3) is 0 Å². The summed E-state index contributed by atoms with van der Waals surface area (Å²) in [6, 6.07) is 1.60. The summed E-state index contributed by atoms with van der Waals surface area (Å²) in [5, 5.41) is 10.8. The zero-order valence-corrected chi connectivity index (χ0v) is 10.5. The van der Waals surface area contributed by atoms with E-state index in [0.29, 0.717) is 6.07 Å². The smallest absolute Gasteiger partial charge is 0.335 e. The predicted molar refractivity (Wildman–Crippen MR) is 63.5 cm³/mol. The molecule has 0 spiro atoms. The summed E-state index contributed by atoms with van der Waals surface area (Å²) < 4.78 is 35.6. The minimum Gasteiger partial charge on any atom is -0.416 e. The van der Waals surface area contributed by atoms with Gasteiger partial charge in [-0.1, -0.05) is 6.58 Å². The van der Waals surface area contributed by atoms with Crippen LogP contribution in [0.1, 0.15) is 5.56 Å². The van der Waals surface area contributed by atoms with E-state index in [0.717, 1.165) is 12.1 Å². The van der Waals surface area contributed by atoms with Crippen LogP contribution in [0.4, 0.5) is 5.69 Å². The molecule has 9 heteroatoms. The van der Waals surface area contributed by atoms with Crippen molar-refractivity contribution in [2.24, 2.45) is 0 Å². The van der Waals surface area contributed by atoms with E-state index in [9.17, 15) is 23.3 Å². The van der Waals surface area contributed by atoms with E-state index in [1.54, 1.807) is 0 Å². The van der Waals surface area contributed by atoms with Crippen molar-refractivity contribution in [3.63, 3.8) is 0 Å². The molecule has 0 amide bonds. The average Bonchev–Trinajstić information content (AvgIpc) is 2.26. The maximum Gasteiger partial charge on any atom is 0.335 e. The van der Waals surface area contributed by atoms with Crippen molar-refractivity contribution in [1.29, 1.82) is 0 Å². The van der Waals surface area contributed by atoms with E-state index in [4.69, 9.17) is 4.55 Å². The van der Waals surface area contributed by atoms with Gasteiger partial charge in [-0.05, 0) is 18.6 Å². The summed E-state index contributed by atoms with van der Waals surface area (Å²) >= 11 is 0. The van der Waals surface area contributed by atoms with Crippen molar-refractivity contribution >= 4 is 21.8 Å². The maximum atomic E-state index is 11.0. The number of carbonyl (C=O) groups is 1. The molecular formula is C10H9NO7S. The Hall–Kier alpha value is -2.26. The zero-order chi connectivity index (χ0) is 14.8. The van der Waals surface area contributed by atoms with Gasteiger partial charge in [-0.3, -0.25) is 14.7 Å². The van der Waals surface area contributed by atoms with Crippen LogP contribution in [0.5, 0.6) is 5.75 Å². The summed E-state index contributed by atoms with van der Waals surface area (Å²) in [7, 11) is -4.61. The highest BCUT2D eigenvalue weighted by atomic mass is 32.2. The summed E-state index contributed by atoms with van der Waals surface area (Å²) in [5.41, 5.74) is -0.756. The summed E-state index contributed by atoms with van der Waals surface area (Å²) in [5.74, 6) is -1.36. The lowest BCUT2D eigenvalue weighted by Gasteiger charge is -2.07. The fourth-order valence-corrected chi connectivity index (χ4v) is 2.03. The normalized spacial score (nSPS) is 10.8. The number of aryl methyl sites for hydroxylation is 1. The molecule has 0 atom stereocenters. The van der Waals surface area contributed by atoms with Crippen molar-refractivity contribution in [3.8, 4) is 5.75 Å². The molecule has 1 aromatic carbocycles. The van der Waals surface area contributed by atoms with Gasteiger partial charge in [0.1, 0.15) is 4.90 Å². The lowest BCUT2D eigenvalue weighted by molar-refractivity contribution is -0.385. The van der Waals surface area contributed by atoms with Gasteiger partial charge in [0.15, 0.2) is 0 Å². The topological polar surface area (TPSA) is 124 Å². The number of esters is 1. The van der Waals surface area contributed by atoms with E-state index >= 15 is 0 Å². The van der Waals surface area contributed by atoms with Gasteiger partial charge in [-0.2, -0.15) is 8.42 Å². The molecule has 0 unspecified atom stereocenters. The second-order valence-electron chi connectivity index (χ2n) is 3.44. The van der Waals surface area contributed by atoms with Gasteiger partial charge in [0.05, 0.1) is 4.92 Å². The summed E-state index contributed by atoms with van der Waals surface area (Å²) in [6.07, 6.45) is 0.801. The number of ether oxygens (including phenoxy) is 1. The number of nitro groups is 1. The minimum atomic E-state index is -4.61. The lowest BCUT2D eigenvalue weighted by atomic mass is 10.2. The van der Waals surface area contributed by atoms with Crippen LogP contribution < -0.4 is 4.74 Å². The Kier molecular flexibility index (Phi) is 4.02. The maximum absolute atomic E-state index is 11.0. The average molecular weight is 287 g/mol. The van der Waals surface area contributed by atoms with Gasteiger partial charge in [-0.25, -0.2) is 4.79 Å². The number of rotatable bonds is 4. The zero-order valence-electron chi connectivity index (χ0n) is 9.69. The predicted octanol–water partition coefficient (Wildman–Crippen LogP) is 1.24. The molecule has 102 valence electrons. The van der Waals surface area contributed by atoms with E-state index in [-0.39, 0.29) is 5.56 Å². The first-order valence-electron chi connectivity index (χ1n) is 4.77. The minimum absolute atomic E-state index is 0.0000350. The van der Waals surface area contributed by atoms with E-state index in [1.165, 1.54) is 6.92 Å². The van der Waals surface area contributed by atoms with Crippen LogP contribution in [0.3, 0.4) is 0 Å². The Labute approximate surface area is 108 Å². The van der Waals surface area contributed by atoms with E-state index in [2.05, 4.69) is 11.3 Å². The van der Waals surface area contributed by atoms with Crippen LogP contribution in [0.15, 0.2) is 29.7 Å². The molecule has 0 bridgehead atoms. The Morgan fingerprint density at radius 3 is 2.53 bits per heavy atom. The van der Waals surface area contributed by atoms with E-state index in [1.807, 2.05) is 0 Å². The molecule has 0 aliphatic heterocycles. The van der Waals surface area contributed by atoms with Gasteiger partial charge >= 0.3 is 11.7 Å². The standard InChI is InChI=1S/C10H9NO7S/c1-3-10(12)18-8-4-6(2)9(19(15,16)17)5-7(8)11(13)14/h3-5H,1H2,2H3,(H,15,16,17). The summed E-state index contributed by atoms with van der Waals surface area (Å²) in [4.78, 5) is 20.3. The second kappa shape index (κ2) is 5.16. The van der Waals surface area contributed by atoms with Gasteiger partial charge in [-0.15, -0.1) is 0 Å². The SMILES string of the molecule is C=CC(=O)Oc1cc(C)c(S(=O)(=O)O)cc1[N+](=O)[O-]. The van der Waals surface area contributed by atoms with Gasteiger partial charge in [0, 0.05) is 12.1 Å². The van der Waals surface area contributed by atoms with Crippen LogP contribution in [-0.2, 0) is 14.9 Å². The first kappa shape index (κ1) is 14.8. The third-order valence-corrected chi connectivity index (χ3v) is 3.10. The quantitative estimate of drug-likeness (QED) is 0.220.